The molecule has 0 amide bonds. The van der Waals surface area contributed by atoms with Crippen molar-refractivity contribution in [2.24, 2.45) is 0 Å². The fourth-order valence-electron chi connectivity index (χ4n) is 1.79. The van der Waals surface area contributed by atoms with Gasteiger partial charge in [-0.25, -0.2) is 17.9 Å². The van der Waals surface area contributed by atoms with Gasteiger partial charge in [0.25, 0.3) is 0 Å². The standard InChI is InChI=1S/C11H16N2O5S/c1-7(2)13-4-9(3-10(13)11(14)15)19(16,17)12-8-5-18-6-8/h3-4,7-8,12H,5-6H2,1-2H3,(H,14,15). The maximum atomic E-state index is 12.1. The third-order valence-corrected chi connectivity index (χ3v) is 4.36. The van der Waals surface area contributed by atoms with Crippen LogP contribution in [0.15, 0.2) is 17.2 Å². The lowest BCUT2D eigenvalue weighted by Crippen LogP contribution is -2.48. The molecule has 0 atom stereocenters. The number of aromatic carboxylic acids is 1. The summed E-state index contributed by atoms with van der Waals surface area (Å²) in [6, 6.07) is 0.798. The van der Waals surface area contributed by atoms with E-state index >= 15 is 0 Å². The molecule has 19 heavy (non-hydrogen) atoms. The van der Waals surface area contributed by atoms with Crippen molar-refractivity contribution in [1.82, 2.24) is 9.29 Å². The van der Waals surface area contributed by atoms with Gasteiger partial charge in [-0.3, -0.25) is 0 Å². The summed E-state index contributed by atoms with van der Waals surface area (Å²) >= 11 is 0. The first-order chi connectivity index (χ1) is 8.81. The van der Waals surface area contributed by atoms with Crippen LogP contribution in [0, 0.1) is 0 Å². The molecule has 7 nitrogen and oxygen atoms in total. The van der Waals surface area contributed by atoms with Crippen LogP contribution < -0.4 is 4.72 Å². The molecular formula is C11H16N2O5S. The van der Waals surface area contributed by atoms with Gasteiger partial charge in [0.15, 0.2) is 0 Å². The summed E-state index contributed by atoms with van der Waals surface area (Å²) in [7, 11) is -3.70. The zero-order valence-electron chi connectivity index (χ0n) is 10.7. The molecule has 0 aromatic carbocycles. The Hall–Kier alpha value is -1.38. The highest BCUT2D eigenvalue weighted by molar-refractivity contribution is 7.89. The van der Waals surface area contributed by atoms with Crippen molar-refractivity contribution in [3.63, 3.8) is 0 Å². The topological polar surface area (TPSA) is 97.6 Å². The Kier molecular flexibility index (Phi) is 3.66. The molecule has 106 valence electrons. The maximum absolute atomic E-state index is 12.1. The van der Waals surface area contributed by atoms with Gasteiger partial charge in [-0.2, -0.15) is 0 Å². The van der Waals surface area contributed by atoms with Crippen LogP contribution in [0.3, 0.4) is 0 Å². The lowest BCUT2D eigenvalue weighted by molar-refractivity contribution is 0.00482. The smallest absolute Gasteiger partial charge is 0.352 e. The Bertz CT molecular complexity index is 586. The first kappa shape index (κ1) is 14.0. The van der Waals surface area contributed by atoms with Crippen LogP contribution in [0.5, 0.6) is 0 Å². The maximum Gasteiger partial charge on any atom is 0.352 e. The number of aromatic nitrogens is 1. The Morgan fingerprint density at radius 1 is 1.53 bits per heavy atom. The highest BCUT2D eigenvalue weighted by Gasteiger charge is 2.28. The molecule has 0 radical (unpaired) electrons. The molecule has 2 rings (SSSR count). The minimum absolute atomic E-state index is 0.0366. The molecule has 2 heterocycles. The summed E-state index contributed by atoms with van der Waals surface area (Å²) < 4.78 is 32.9. The molecule has 0 saturated carbocycles. The molecule has 0 spiro atoms. The number of hydrogen-bond donors (Lipinski definition) is 2. The molecule has 2 N–H and O–H groups in total. The van der Waals surface area contributed by atoms with Crippen LogP contribution in [-0.2, 0) is 14.8 Å². The second-order valence-electron chi connectivity index (χ2n) is 4.72. The van der Waals surface area contributed by atoms with Crippen molar-refractivity contribution in [2.45, 2.75) is 30.8 Å². The Morgan fingerprint density at radius 3 is 2.53 bits per heavy atom. The molecule has 1 aliphatic heterocycles. The Labute approximate surface area is 111 Å². The van der Waals surface area contributed by atoms with E-state index in [1.54, 1.807) is 13.8 Å². The van der Waals surface area contributed by atoms with Gasteiger partial charge in [-0.1, -0.05) is 0 Å². The average Bonchev–Trinajstić information content (AvgIpc) is 2.69. The number of carbonyl (C=O) groups is 1. The van der Waals surface area contributed by atoms with Crippen LogP contribution >= 0.6 is 0 Å². The molecule has 1 fully saturated rings. The van der Waals surface area contributed by atoms with E-state index in [4.69, 9.17) is 9.84 Å². The highest BCUT2D eigenvalue weighted by Crippen LogP contribution is 2.19. The van der Waals surface area contributed by atoms with Crippen molar-refractivity contribution in [1.29, 1.82) is 0 Å². The number of ether oxygens (including phenoxy) is 1. The van der Waals surface area contributed by atoms with Crippen LogP contribution in [0.25, 0.3) is 0 Å². The first-order valence-electron chi connectivity index (χ1n) is 5.86. The zero-order chi connectivity index (χ0) is 14.2. The van der Waals surface area contributed by atoms with Crippen molar-refractivity contribution < 1.29 is 23.1 Å². The predicted octanol–water partition coefficient (Wildman–Crippen LogP) is 0.444. The van der Waals surface area contributed by atoms with Crippen LogP contribution in [0.4, 0.5) is 0 Å². The number of rotatable bonds is 5. The quantitative estimate of drug-likeness (QED) is 0.819. The fourth-order valence-corrected chi connectivity index (χ4v) is 3.02. The van der Waals surface area contributed by atoms with Gasteiger partial charge >= 0.3 is 5.97 Å². The minimum atomic E-state index is -3.70. The van der Waals surface area contributed by atoms with Gasteiger partial charge in [0.2, 0.25) is 10.0 Å². The molecule has 8 heteroatoms. The highest BCUT2D eigenvalue weighted by atomic mass is 32.2. The summed E-state index contributed by atoms with van der Waals surface area (Å²) in [5.41, 5.74) is -0.0414. The van der Waals surface area contributed by atoms with Crippen molar-refractivity contribution in [3.8, 4) is 0 Å². The molecule has 1 saturated heterocycles. The summed E-state index contributed by atoms with van der Waals surface area (Å²) in [5.74, 6) is -1.15. The van der Waals surface area contributed by atoms with Gasteiger partial charge in [0.05, 0.1) is 19.3 Å². The van der Waals surface area contributed by atoms with E-state index in [9.17, 15) is 13.2 Å². The van der Waals surface area contributed by atoms with E-state index in [0.717, 1.165) is 0 Å². The number of carboxylic acids is 1. The summed E-state index contributed by atoms with van der Waals surface area (Å²) in [6.07, 6.45) is 1.34. The van der Waals surface area contributed by atoms with Gasteiger partial charge in [-0.05, 0) is 19.9 Å². The largest absolute Gasteiger partial charge is 0.477 e. The number of carboxylic acid groups (broad SMARTS) is 1. The lowest BCUT2D eigenvalue weighted by atomic mass is 10.3. The molecule has 1 aromatic heterocycles. The van der Waals surface area contributed by atoms with E-state index < -0.39 is 16.0 Å². The summed E-state index contributed by atoms with van der Waals surface area (Å²) in [5, 5.41) is 9.08. The molecule has 0 aliphatic carbocycles. The monoisotopic (exact) mass is 288 g/mol. The molecule has 0 bridgehead atoms. The number of hydrogen-bond acceptors (Lipinski definition) is 4. The van der Waals surface area contributed by atoms with Crippen molar-refractivity contribution >= 4 is 16.0 Å². The van der Waals surface area contributed by atoms with Crippen LogP contribution in [0.2, 0.25) is 0 Å². The second kappa shape index (κ2) is 4.95. The number of nitrogens with one attached hydrogen (secondary N) is 1. The van der Waals surface area contributed by atoms with Crippen LogP contribution in [0.1, 0.15) is 30.4 Å². The normalized spacial score (nSPS) is 16.6. The average molecular weight is 288 g/mol. The zero-order valence-corrected chi connectivity index (χ0v) is 11.5. The van der Waals surface area contributed by atoms with Gasteiger partial charge in [0.1, 0.15) is 10.6 Å². The molecule has 0 unspecified atom stereocenters. The Morgan fingerprint density at radius 2 is 2.16 bits per heavy atom. The molecular weight excluding hydrogens is 272 g/mol. The van der Waals surface area contributed by atoms with Crippen molar-refractivity contribution in [3.05, 3.63) is 18.0 Å². The predicted molar refractivity (Wildman–Crippen MR) is 66.7 cm³/mol. The fraction of sp³-hybridized carbons (Fsp3) is 0.545. The number of sulfonamides is 1. The van der Waals surface area contributed by atoms with Crippen LogP contribution in [-0.4, -0.2) is 43.3 Å². The molecule has 1 aromatic rings. The number of nitrogens with zero attached hydrogens (tertiary/aromatic N) is 1. The van der Waals surface area contributed by atoms with E-state index in [2.05, 4.69) is 4.72 Å². The summed E-state index contributed by atoms with van der Waals surface area (Å²) in [6.45, 7) is 4.26. The Balaban J connectivity index is 2.34. The lowest BCUT2D eigenvalue weighted by Gasteiger charge is -2.26. The SMILES string of the molecule is CC(C)n1cc(S(=O)(=O)NC2COC2)cc1C(=O)O. The van der Waals surface area contributed by atoms with Gasteiger partial charge in [-0.15, -0.1) is 0 Å². The van der Waals surface area contributed by atoms with E-state index in [-0.39, 0.29) is 22.7 Å². The van der Waals surface area contributed by atoms with Gasteiger partial charge < -0.3 is 14.4 Å². The van der Waals surface area contributed by atoms with Crippen molar-refractivity contribution in [2.75, 3.05) is 13.2 Å². The minimum Gasteiger partial charge on any atom is -0.477 e. The van der Waals surface area contributed by atoms with Gasteiger partial charge in [0, 0.05) is 12.2 Å². The third-order valence-electron chi connectivity index (χ3n) is 2.87. The third kappa shape index (κ3) is 2.80. The van der Waals surface area contributed by atoms with E-state index in [1.807, 2.05) is 0 Å². The first-order valence-corrected chi connectivity index (χ1v) is 7.35. The van der Waals surface area contributed by atoms with E-state index in [0.29, 0.717) is 13.2 Å². The molecule has 1 aliphatic rings. The summed E-state index contributed by atoms with van der Waals surface area (Å²) in [4.78, 5) is 11.1. The second-order valence-corrected chi connectivity index (χ2v) is 6.44. The van der Waals surface area contributed by atoms with E-state index in [1.165, 1.54) is 16.8 Å².